The van der Waals surface area contributed by atoms with Gasteiger partial charge in [-0.15, -0.1) is 0 Å². The number of aromatic nitrogens is 3. The van der Waals surface area contributed by atoms with Crippen molar-refractivity contribution in [3.05, 3.63) is 88.1 Å². The number of carbonyl (C=O) groups excluding carboxylic acids is 1. The van der Waals surface area contributed by atoms with Crippen LogP contribution < -0.4 is 5.32 Å². The molecule has 31 heavy (non-hydrogen) atoms. The summed E-state index contributed by atoms with van der Waals surface area (Å²) in [6.07, 6.45) is 0. The fourth-order valence-electron chi connectivity index (χ4n) is 3.59. The lowest BCUT2D eigenvalue weighted by Crippen LogP contribution is -2.14. The highest BCUT2D eigenvalue weighted by Crippen LogP contribution is 2.25. The quantitative estimate of drug-likeness (QED) is 0.527. The van der Waals surface area contributed by atoms with Crippen molar-refractivity contribution in [2.24, 2.45) is 0 Å². The highest BCUT2D eigenvalue weighted by Gasteiger charge is 2.18. The number of hydrogen-bond acceptors (Lipinski definition) is 4. The fourth-order valence-corrected chi connectivity index (χ4v) is 3.59. The summed E-state index contributed by atoms with van der Waals surface area (Å²) in [6.45, 7) is 5.99. The second-order valence-electron chi connectivity index (χ2n) is 7.44. The van der Waals surface area contributed by atoms with Gasteiger partial charge >= 0.3 is 0 Å². The molecule has 0 aliphatic carbocycles. The van der Waals surface area contributed by atoms with Gasteiger partial charge in [0, 0.05) is 11.1 Å². The van der Waals surface area contributed by atoms with E-state index in [-0.39, 0.29) is 11.7 Å². The molecule has 0 unspecified atom stereocenters. The van der Waals surface area contributed by atoms with Crippen LogP contribution in [0.25, 0.3) is 10.9 Å². The minimum absolute atomic E-state index is 0.288. The lowest BCUT2D eigenvalue weighted by Gasteiger charge is -2.10. The van der Waals surface area contributed by atoms with E-state index in [0.29, 0.717) is 45.6 Å². The van der Waals surface area contributed by atoms with Gasteiger partial charge in [0.25, 0.3) is 5.91 Å². The SMILES string of the molecule is Cc1cc(C(=O)Nc2c(C)nn(Cc3ccc(F)cc3)c2C)c2cc(C#N)ccc2n1. The Balaban J connectivity index is 1.67. The van der Waals surface area contributed by atoms with E-state index < -0.39 is 0 Å². The molecular weight excluding hydrogens is 393 g/mol. The van der Waals surface area contributed by atoms with E-state index in [0.717, 1.165) is 11.3 Å². The lowest BCUT2D eigenvalue weighted by molar-refractivity contribution is 0.102. The Morgan fingerprint density at radius 1 is 1.13 bits per heavy atom. The number of nitriles is 1. The molecule has 0 atom stereocenters. The third-order valence-electron chi connectivity index (χ3n) is 5.18. The molecule has 0 saturated heterocycles. The average Bonchev–Trinajstić information content (AvgIpc) is 3.01. The van der Waals surface area contributed by atoms with E-state index in [1.54, 1.807) is 41.1 Å². The summed E-state index contributed by atoms with van der Waals surface area (Å²) in [7, 11) is 0. The van der Waals surface area contributed by atoms with Crippen LogP contribution in [0.3, 0.4) is 0 Å². The Bertz CT molecular complexity index is 1350. The van der Waals surface area contributed by atoms with E-state index in [9.17, 15) is 14.4 Å². The summed E-state index contributed by atoms with van der Waals surface area (Å²) < 4.78 is 15.0. The predicted molar refractivity (Wildman–Crippen MR) is 116 cm³/mol. The van der Waals surface area contributed by atoms with Crippen LogP contribution in [-0.4, -0.2) is 20.7 Å². The Kier molecular flexibility index (Phi) is 5.22. The van der Waals surface area contributed by atoms with Crippen LogP contribution in [0.4, 0.5) is 10.1 Å². The highest BCUT2D eigenvalue weighted by molar-refractivity contribution is 6.13. The second-order valence-corrected chi connectivity index (χ2v) is 7.44. The van der Waals surface area contributed by atoms with Gasteiger partial charge in [0.05, 0.1) is 46.3 Å². The van der Waals surface area contributed by atoms with Crippen molar-refractivity contribution in [3.8, 4) is 6.07 Å². The molecule has 0 aliphatic rings. The zero-order valence-corrected chi connectivity index (χ0v) is 17.4. The minimum Gasteiger partial charge on any atom is -0.319 e. The summed E-state index contributed by atoms with van der Waals surface area (Å²) in [4.78, 5) is 17.6. The Morgan fingerprint density at radius 2 is 1.87 bits per heavy atom. The molecule has 2 heterocycles. The van der Waals surface area contributed by atoms with Crippen molar-refractivity contribution in [1.82, 2.24) is 14.8 Å². The highest BCUT2D eigenvalue weighted by atomic mass is 19.1. The third-order valence-corrected chi connectivity index (χ3v) is 5.18. The average molecular weight is 413 g/mol. The number of fused-ring (bicyclic) bond motifs is 1. The minimum atomic E-state index is -0.293. The van der Waals surface area contributed by atoms with Gasteiger partial charge in [0.2, 0.25) is 0 Å². The number of halogens is 1. The van der Waals surface area contributed by atoms with Crippen LogP contribution in [0.15, 0.2) is 48.5 Å². The van der Waals surface area contributed by atoms with Gasteiger partial charge in [-0.05, 0) is 62.7 Å². The standard InChI is InChI=1S/C24H20FN5O/c1-14-10-21(20-11-18(12-26)6-9-22(20)27-14)24(31)28-23-15(2)29-30(16(23)3)13-17-4-7-19(25)8-5-17/h4-11H,13H2,1-3H3,(H,28,31). The topological polar surface area (TPSA) is 83.6 Å². The van der Waals surface area contributed by atoms with Gasteiger partial charge < -0.3 is 5.32 Å². The first kappa shape index (κ1) is 20.2. The lowest BCUT2D eigenvalue weighted by atomic mass is 10.0. The molecule has 154 valence electrons. The van der Waals surface area contributed by atoms with Crippen molar-refractivity contribution in [1.29, 1.82) is 5.26 Å². The molecule has 0 spiro atoms. The summed E-state index contributed by atoms with van der Waals surface area (Å²) in [5.41, 5.74) is 5.29. The largest absolute Gasteiger partial charge is 0.319 e. The van der Waals surface area contributed by atoms with Crippen molar-refractivity contribution >= 4 is 22.5 Å². The molecule has 4 aromatic rings. The van der Waals surface area contributed by atoms with E-state index in [1.807, 2.05) is 20.8 Å². The van der Waals surface area contributed by atoms with Crippen molar-refractivity contribution < 1.29 is 9.18 Å². The third kappa shape index (κ3) is 4.01. The molecule has 0 aliphatic heterocycles. The maximum Gasteiger partial charge on any atom is 0.256 e. The number of pyridine rings is 1. The van der Waals surface area contributed by atoms with Gasteiger partial charge in [-0.25, -0.2) is 4.39 Å². The molecule has 2 aromatic carbocycles. The molecule has 2 aromatic heterocycles. The van der Waals surface area contributed by atoms with Gasteiger partial charge in [0.15, 0.2) is 0 Å². The first-order chi connectivity index (χ1) is 14.9. The second kappa shape index (κ2) is 8.00. The first-order valence-corrected chi connectivity index (χ1v) is 9.77. The number of benzene rings is 2. The van der Waals surface area contributed by atoms with Gasteiger partial charge in [0.1, 0.15) is 5.82 Å². The number of amides is 1. The number of rotatable bonds is 4. The smallest absolute Gasteiger partial charge is 0.256 e. The van der Waals surface area contributed by atoms with Gasteiger partial charge in [-0.2, -0.15) is 10.4 Å². The summed E-state index contributed by atoms with van der Waals surface area (Å²) in [5, 5.41) is 17.4. The van der Waals surface area contributed by atoms with Crippen LogP contribution >= 0.6 is 0 Å². The molecule has 7 heteroatoms. The Hall–Kier alpha value is -4.05. The Labute approximate surface area is 179 Å². The van der Waals surface area contributed by atoms with Crippen LogP contribution in [0.1, 0.15) is 38.6 Å². The molecule has 1 amide bonds. The molecule has 1 N–H and O–H groups in total. The normalized spacial score (nSPS) is 10.8. The van der Waals surface area contributed by atoms with Crippen LogP contribution in [0.2, 0.25) is 0 Å². The molecule has 0 fully saturated rings. The zero-order valence-electron chi connectivity index (χ0n) is 17.4. The molecule has 0 radical (unpaired) electrons. The van der Waals surface area contributed by atoms with Crippen molar-refractivity contribution in [2.75, 3.05) is 5.32 Å². The fraction of sp³-hybridized carbons (Fsp3) is 0.167. The van der Waals surface area contributed by atoms with Crippen LogP contribution in [-0.2, 0) is 6.54 Å². The van der Waals surface area contributed by atoms with Crippen molar-refractivity contribution in [2.45, 2.75) is 27.3 Å². The molecule has 0 bridgehead atoms. The number of hydrogen-bond donors (Lipinski definition) is 1. The van der Waals surface area contributed by atoms with E-state index in [2.05, 4.69) is 21.5 Å². The van der Waals surface area contributed by atoms with Crippen molar-refractivity contribution in [3.63, 3.8) is 0 Å². The van der Waals surface area contributed by atoms with E-state index >= 15 is 0 Å². The summed E-state index contributed by atoms with van der Waals surface area (Å²) in [6, 6.07) is 15.2. The van der Waals surface area contributed by atoms with Crippen LogP contribution in [0, 0.1) is 37.9 Å². The monoisotopic (exact) mass is 413 g/mol. The zero-order chi connectivity index (χ0) is 22.1. The molecular formula is C24H20FN5O. The number of carbonyl (C=O) groups is 1. The van der Waals surface area contributed by atoms with Gasteiger partial charge in [-0.3, -0.25) is 14.5 Å². The summed E-state index contributed by atoms with van der Waals surface area (Å²) >= 11 is 0. The Morgan fingerprint density at radius 3 is 2.58 bits per heavy atom. The maximum atomic E-state index is 13.2. The number of nitrogens with one attached hydrogen (secondary N) is 1. The predicted octanol–water partition coefficient (Wildman–Crippen LogP) is 4.67. The van der Waals surface area contributed by atoms with E-state index in [4.69, 9.17) is 0 Å². The molecule has 6 nitrogen and oxygen atoms in total. The van der Waals surface area contributed by atoms with E-state index in [1.165, 1.54) is 12.1 Å². The maximum absolute atomic E-state index is 13.2. The number of nitrogens with zero attached hydrogens (tertiary/aromatic N) is 4. The number of aryl methyl sites for hydroxylation is 2. The number of anilines is 1. The molecule has 0 saturated carbocycles. The summed E-state index contributed by atoms with van der Waals surface area (Å²) in [5.74, 6) is -0.581. The van der Waals surface area contributed by atoms with Crippen LogP contribution in [0.5, 0.6) is 0 Å². The van der Waals surface area contributed by atoms with Gasteiger partial charge in [-0.1, -0.05) is 12.1 Å². The molecule has 4 rings (SSSR count). The first-order valence-electron chi connectivity index (χ1n) is 9.77.